The lowest BCUT2D eigenvalue weighted by atomic mass is 10.1. The van der Waals surface area contributed by atoms with Gasteiger partial charge in [0, 0.05) is 36.1 Å². The predicted molar refractivity (Wildman–Crippen MR) is 113 cm³/mol. The van der Waals surface area contributed by atoms with Gasteiger partial charge in [0.1, 0.15) is 11.4 Å². The van der Waals surface area contributed by atoms with Gasteiger partial charge in [0.05, 0.1) is 5.69 Å². The Morgan fingerprint density at radius 1 is 0.759 bits per heavy atom. The summed E-state index contributed by atoms with van der Waals surface area (Å²) in [4.78, 5) is 13.7. The van der Waals surface area contributed by atoms with E-state index in [4.69, 9.17) is 9.97 Å². The van der Waals surface area contributed by atoms with E-state index in [2.05, 4.69) is 4.98 Å². The van der Waals surface area contributed by atoms with Gasteiger partial charge in [-0.1, -0.05) is 60.7 Å². The second-order valence-electron chi connectivity index (χ2n) is 6.81. The van der Waals surface area contributed by atoms with Gasteiger partial charge in [0.25, 0.3) is 0 Å². The molecule has 5 rings (SSSR count). The maximum absolute atomic E-state index is 11.0. The molecule has 0 saturated heterocycles. The Kier molecular flexibility index (Phi) is 4.26. The summed E-state index contributed by atoms with van der Waals surface area (Å²) in [6, 6.07) is 23.7. The van der Waals surface area contributed by atoms with Crippen molar-refractivity contribution in [1.82, 2.24) is 19.4 Å². The van der Waals surface area contributed by atoms with Crippen molar-refractivity contribution in [3.05, 3.63) is 103 Å². The monoisotopic (exact) mass is 378 g/mol. The Labute approximate surface area is 168 Å². The molecule has 1 N–H and O–H groups in total. The third kappa shape index (κ3) is 3.23. The minimum absolute atomic E-state index is 0.138. The number of benzene rings is 2. The van der Waals surface area contributed by atoms with Crippen molar-refractivity contribution in [3.8, 4) is 28.4 Å². The zero-order valence-corrected chi connectivity index (χ0v) is 15.6. The Bertz CT molecular complexity index is 1270. The van der Waals surface area contributed by atoms with E-state index in [0.717, 1.165) is 22.4 Å². The molecule has 140 valence electrons. The summed E-state index contributed by atoms with van der Waals surface area (Å²) in [5.74, 6) is 0.138. The lowest BCUT2D eigenvalue weighted by molar-refractivity contribution is 0.442. The first-order valence-electron chi connectivity index (χ1n) is 9.40. The summed E-state index contributed by atoms with van der Waals surface area (Å²) in [5.41, 5.74) is 5.69. The molecular formula is C24H18N4O. The van der Waals surface area contributed by atoms with Crippen molar-refractivity contribution in [2.24, 2.45) is 0 Å². The average Bonchev–Trinajstić information content (AvgIpc) is 3.10. The van der Waals surface area contributed by atoms with E-state index in [-0.39, 0.29) is 5.88 Å². The summed E-state index contributed by atoms with van der Waals surface area (Å²) in [6.45, 7) is 0. The Hall–Kier alpha value is -3.99. The third-order valence-corrected chi connectivity index (χ3v) is 4.89. The highest BCUT2D eigenvalue weighted by Gasteiger charge is 2.18. The maximum atomic E-state index is 11.0. The minimum Gasteiger partial charge on any atom is -0.493 e. The van der Waals surface area contributed by atoms with Gasteiger partial charge in [-0.25, -0.2) is 9.97 Å². The number of pyridine rings is 1. The fourth-order valence-electron chi connectivity index (χ4n) is 3.44. The van der Waals surface area contributed by atoms with E-state index in [9.17, 15) is 5.11 Å². The van der Waals surface area contributed by atoms with Crippen molar-refractivity contribution in [2.45, 2.75) is 6.42 Å². The standard InChI is InChI=1S/C24H18N4O/c29-24-20(15-17-7-3-1-4-8-17)27-23-22(19-11-13-25-14-12-19)26-21(16-28(23)24)18-9-5-2-6-10-18/h1-14,16,29H,15H2. The zero-order valence-electron chi connectivity index (χ0n) is 15.6. The molecule has 5 aromatic rings. The zero-order chi connectivity index (χ0) is 19.6. The quantitative estimate of drug-likeness (QED) is 0.490. The van der Waals surface area contributed by atoms with Crippen LogP contribution in [0.15, 0.2) is 91.4 Å². The first-order valence-corrected chi connectivity index (χ1v) is 9.40. The second-order valence-corrected chi connectivity index (χ2v) is 6.81. The van der Waals surface area contributed by atoms with Crippen LogP contribution in [0.3, 0.4) is 0 Å². The smallest absolute Gasteiger partial charge is 0.219 e. The SMILES string of the molecule is Oc1c(Cc2ccccc2)nc2c(-c3ccncc3)nc(-c3ccccc3)cn12. The van der Waals surface area contributed by atoms with Crippen LogP contribution in [0.1, 0.15) is 11.3 Å². The van der Waals surface area contributed by atoms with Gasteiger partial charge in [-0.05, 0) is 17.7 Å². The van der Waals surface area contributed by atoms with Gasteiger partial charge in [0.15, 0.2) is 5.65 Å². The van der Waals surface area contributed by atoms with Gasteiger partial charge in [-0.3, -0.25) is 9.38 Å². The number of imidazole rings is 1. The van der Waals surface area contributed by atoms with Crippen LogP contribution in [0.2, 0.25) is 0 Å². The molecule has 0 radical (unpaired) electrons. The van der Waals surface area contributed by atoms with Gasteiger partial charge in [0.2, 0.25) is 5.88 Å². The van der Waals surface area contributed by atoms with Crippen LogP contribution in [0.4, 0.5) is 0 Å². The van der Waals surface area contributed by atoms with Crippen molar-refractivity contribution < 1.29 is 5.11 Å². The first-order chi connectivity index (χ1) is 14.3. The first kappa shape index (κ1) is 17.1. The molecule has 0 saturated carbocycles. The van der Waals surface area contributed by atoms with E-state index >= 15 is 0 Å². The van der Waals surface area contributed by atoms with E-state index in [1.165, 1.54) is 0 Å². The molecule has 0 unspecified atom stereocenters. The summed E-state index contributed by atoms with van der Waals surface area (Å²) >= 11 is 0. The van der Waals surface area contributed by atoms with Gasteiger partial charge in [-0.15, -0.1) is 0 Å². The van der Waals surface area contributed by atoms with E-state index in [1.807, 2.05) is 79.0 Å². The molecule has 0 amide bonds. The molecule has 0 bridgehead atoms. The summed E-state index contributed by atoms with van der Waals surface area (Å²) in [6.07, 6.45) is 5.85. The summed E-state index contributed by atoms with van der Waals surface area (Å²) < 4.78 is 1.73. The molecule has 3 aromatic heterocycles. The molecule has 2 aromatic carbocycles. The van der Waals surface area contributed by atoms with Gasteiger partial charge >= 0.3 is 0 Å². The molecule has 0 aliphatic carbocycles. The molecule has 29 heavy (non-hydrogen) atoms. The lowest BCUT2D eigenvalue weighted by Crippen LogP contribution is -1.96. The number of rotatable bonds is 4. The van der Waals surface area contributed by atoms with Crippen LogP contribution in [0, 0.1) is 0 Å². The number of hydrogen-bond donors (Lipinski definition) is 1. The molecule has 0 aliphatic rings. The van der Waals surface area contributed by atoms with Crippen molar-refractivity contribution in [1.29, 1.82) is 0 Å². The molecule has 3 heterocycles. The number of aromatic nitrogens is 4. The van der Waals surface area contributed by atoms with Crippen LogP contribution < -0.4 is 0 Å². The summed E-state index contributed by atoms with van der Waals surface area (Å²) in [7, 11) is 0. The fraction of sp³-hybridized carbons (Fsp3) is 0.0417. The largest absolute Gasteiger partial charge is 0.493 e. The molecule has 5 nitrogen and oxygen atoms in total. The normalized spacial score (nSPS) is 11.0. The van der Waals surface area contributed by atoms with Crippen molar-refractivity contribution in [3.63, 3.8) is 0 Å². The molecule has 0 atom stereocenters. The van der Waals surface area contributed by atoms with Crippen LogP contribution in [-0.2, 0) is 6.42 Å². The number of hydrogen-bond acceptors (Lipinski definition) is 4. The van der Waals surface area contributed by atoms with Gasteiger partial charge in [-0.2, -0.15) is 0 Å². The topological polar surface area (TPSA) is 63.3 Å². The summed E-state index contributed by atoms with van der Waals surface area (Å²) in [5, 5.41) is 11.0. The van der Waals surface area contributed by atoms with E-state index < -0.39 is 0 Å². The predicted octanol–water partition coefficient (Wildman–Crippen LogP) is 4.75. The van der Waals surface area contributed by atoms with Crippen molar-refractivity contribution >= 4 is 5.65 Å². The molecule has 0 fully saturated rings. The van der Waals surface area contributed by atoms with E-state index in [1.54, 1.807) is 16.8 Å². The molecule has 5 heteroatoms. The molecule has 0 aliphatic heterocycles. The second kappa shape index (κ2) is 7.20. The maximum Gasteiger partial charge on any atom is 0.219 e. The third-order valence-electron chi connectivity index (χ3n) is 4.89. The number of aromatic hydroxyl groups is 1. The van der Waals surface area contributed by atoms with Crippen LogP contribution >= 0.6 is 0 Å². The Morgan fingerprint density at radius 2 is 1.45 bits per heavy atom. The van der Waals surface area contributed by atoms with Gasteiger partial charge < -0.3 is 5.11 Å². The van der Waals surface area contributed by atoms with Crippen LogP contribution in [-0.4, -0.2) is 24.5 Å². The molecular weight excluding hydrogens is 360 g/mol. The van der Waals surface area contributed by atoms with Crippen LogP contribution in [0.5, 0.6) is 5.88 Å². The molecule has 0 spiro atoms. The minimum atomic E-state index is 0.138. The lowest BCUT2D eigenvalue weighted by Gasteiger charge is -2.08. The highest BCUT2D eigenvalue weighted by molar-refractivity contribution is 5.77. The van der Waals surface area contributed by atoms with Crippen LogP contribution in [0.25, 0.3) is 28.2 Å². The Balaban J connectivity index is 1.73. The van der Waals surface area contributed by atoms with Crippen molar-refractivity contribution in [2.75, 3.05) is 0 Å². The number of fused-ring (bicyclic) bond motifs is 1. The number of nitrogens with zero attached hydrogens (tertiary/aromatic N) is 4. The van der Waals surface area contributed by atoms with E-state index in [0.29, 0.717) is 23.5 Å². The highest BCUT2D eigenvalue weighted by Crippen LogP contribution is 2.31. The fourth-order valence-corrected chi connectivity index (χ4v) is 3.44. The Morgan fingerprint density at radius 3 is 2.17 bits per heavy atom. The average molecular weight is 378 g/mol. The highest BCUT2D eigenvalue weighted by atomic mass is 16.3.